The van der Waals surface area contributed by atoms with Crippen molar-refractivity contribution in [3.05, 3.63) is 22.5 Å². The summed E-state index contributed by atoms with van der Waals surface area (Å²) in [6, 6.07) is 0. The van der Waals surface area contributed by atoms with E-state index in [2.05, 4.69) is 5.32 Å². The molecule has 1 spiro atoms. The van der Waals surface area contributed by atoms with Crippen LogP contribution >= 0.6 is 0 Å². The lowest BCUT2D eigenvalue weighted by Crippen LogP contribution is -2.41. The molecule has 1 heterocycles. The van der Waals surface area contributed by atoms with Gasteiger partial charge in [-0.3, -0.25) is 4.79 Å². The molecule has 0 amide bonds. The first kappa shape index (κ1) is 15.9. The van der Waals surface area contributed by atoms with Crippen LogP contribution in [0.25, 0.3) is 0 Å². The maximum Gasteiger partial charge on any atom is 0.336 e. The average molecular weight is 329 g/mol. The van der Waals surface area contributed by atoms with Gasteiger partial charge in [-0.25, -0.2) is 4.79 Å². The van der Waals surface area contributed by atoms with E-state index >= 15 is 0 Å². The summed E-state index contributed by atoms with van der Waals surface area (Å²) in [7, 11) is 0. The lowest BCUT2D eigenvalue weighted by atomic mass is 9.66. The molecule has 4 aliphatic rings. The molecule has 2 saturated carbocycles. The van der Waals surface area contributed by atoms with Gasteiger partial charge in [0.15, 0.2) is 5.78 Å². The van der Waals surface area contributed by atoms with Crippen molar-refractivity contribution in [2.45, 2.75) is 65.2 Å². The number of allylic oxidation sites excluding steroid dienone is 3. The van der Waals surface area contributed by atoms with Crippen molar-refractivity contribution in [2.24, 2.45) is 17.3 Å². The van der Waals surface area contributed by atoms with Gasteiger partial charge in [-0.1, -0.05) is 12.8 Å². The molecular weight excluding hydrogens is 302 g/mol. The van der Waals surface area contributed by atoms with Crippen molar-refractivity contribution in [1.82, 2.24) is 5.32 Å². The predicted molar refractivity (Wildman–Crippen MR) is 90.9 cm³/mol. The number of Topliss-reactive ketones (excluding diaryl/α,β-unsaturated/α-hetero) is 1. The summed E-state index contributed by atoms with van der Waals surface area (Å²) in [5, 5.41) is 3.44. The minimum atomic E-state index is -0.250. The second-order valence-corrected chi connectivity index (χ2v) is 8.08. The minimum Gasteiger partial charge on any atom is -0.463 e. The van der Waals surface area contributed by atoms with Gasteiger partial charge in [-0.05, 0) is 57.3 Å². The summed E-state index contributed by atoms with van der Waals surface area (Å²) in [5.41, 5.74) is 3.79. The maximum atomic E-state index is 13.1. The lowest BCUT2D eigenvalue weighted by molar-refractivity contribution is -0.139. The molecule has 0 saturated heterocycles. The van der Waals surface area contributed by atoms with Gasteiger partial charge in [0.05, 0.1) is 12.2 Å². The molecule has 2 fully saturated rings. The summed E-state index contributed by atoms with van der Waals surface area (Å²) in [6.07, 6.45) is 8.68. The maximum absolute atomic E-state index is 13.1. The molecule has 0 aromatic heterocycles. The van der Waals surface area contributed by atoms with Gasteiger partial charge in [0.25, 0.3) is 0 Å². The Morgan fingerprint density at radius 1 is 1.25 bits per heavy atom. The number of esters is 1. The number of nitrogens with one attached hydrogen (secondary N) is 1. The fraction of sp³-hybridized carbons (Fsp3) is 0.700. The smallest absolute Gasteiger partial charge is 0.336 e. The van der Waals surface area contributed by atoms with Crippen LogP contribution in [-0.2, 0) is 14.3 Å². The first-order chi connectivity index (χ1) is 11.5. The SMILES string of the molecule is CCOC(=O)C1=C(C)NC2=C(C(=O)CC3(CCCC3)C2)C1C1CC1. The van der Waals surface area contributed by atoms with Gasteiger partial charge in [-0.2, -0.15) is 0 Å². The number of hydrogen-bond acceptors (Lipinski definition) is 4. The first-order valence-corrected chi connectivity index (χ1v) is 9.46. The Kier molecular flexibility index (Phi) is 3.81. The molecule has 4 nitrogen and oxygen atoms in total. The zero-order valence-corrected chi connectivity index (χ0v) is 14.7. The van der Waals surface area contributed by atoms with E-state index in [0.717, 1.165) is 36.2 Å². The van der Waals surface area contributed by atoms with Crippen LogP contribution in [0, 0.1) is 17.3 Å². The highest BCUT2D eigenvalue weighted by atomic mass is 16.5. The Labute approximate surface area is 143 Å². The molecule has 4 heteroatoms. The van der Waals surface area contributed by atoms with E-state index < -0.39 is 0 Å². The van der Waals surface area contributed by atoms with Crippen LogP contribution in [0.5, 0.6) is 0 Å². The summed E-state index contributed by atoms with van der Waals surface area (Å²) < 4.78 is 5.30. The minimum absolute atomic E-state index is 0.0356. The third kappa shape index (κ3) is 2.51. The monoisotopic (exact) mass is 329 g/mol. The van der Waals surface area contributed by atoms with E-state index in [1.54, 1.807) is 0 Å². The Bertz CT molecular complexity index is 648. The molecule has 3 aliphatic carbocycles. The molecule has 130 valence electrons. The molecule has 1 unspecified atom stereocenters. The van der Waals surface area contributed by atoms with E-state index in [1.165, 1.54) is 25.7 Å². The number of rotatable bonds is 3. The van der Waals surface area contributed by atoms with Crippen molar-refractivity contribution in [3.8, 4) is 0 Å². The number of ketones is 1. The quantitative estimate of drug-likeness (QED) is 0.803. The molecule has 1 aliphatic heterocycles. The van der Waals surface area contributed by atoms with Crippen LogP contribution < -0.4 is 5.32 Å². The van der Waals surface area contributed by atoms with E-state index in [1.807, 2.05) is 13.8 Å². The molecule has 4 rings (SSSR count). The molecule has 0 aromatic rings. The van der Waals surface area contributed by atoms with Crippen LogP contribution in [0.2, 0.25) is 0 Å². The zero-order chi connectivity index (χ0) is 16.9. The fourth-order valence-electron chi connectivity index (χ4n) is 5.15. The van der Waals surface area contributed by atoms with Crippen LogP contribution in [0.3, 0.4) is 0 Å². The van der Waals surface area contributed by atoms with E-state index in [4.69, 9.17) is 4.74 Å². The summed E-state index contributed by atoms with van der Waals surface area (Å²) >= 11 is 0. The average Bonchev–Trinajstić information content (AvgIpc) is 3.27. The molecule has 1 atom stereocenters. The highest BCUT2D eigenvalue weighted by Crippen LogP contribution is 2.55. The number of ether oxygens (including phenoxy) is 1. The third-order valence-electron chi connectivity index (χ3n) is 6.33. The molecule has 1 N–H and O–H groups in total. The van der Waals surface area contributed by atoms with Crippen molar-refractivity contribution < 1.29 is 14.3 Å². The van der Waals surface area contributed by atoms with E-state index in [9.17, 15) is 9.59 Å². The van der Waals surface area contributed by atoms with Crippen LogP contribution in [-0.4, -0.2) is 18.4 Å². The highest BCUT2D eigenvalue weighted by Gasteiger charge is 2.50. The number of carbonyl (C=O) groups excluding carboxylic acids is 2. The molecule has 0 radical (unpaired) electrons. The van der Waals surface area contributed by atoms with Crippen LogP contribution in [0.4, 0.5) is 0 Å². The molecule has 0 aromatic carbocycles. The Balaban J connectivity index is 1.72. The fourth-order valence-corrected chi connectivity index (χ4v) is 5.15. The summed E-state index contributed by atoms with van der Waals surface area (Å²) in [4.78, 5) is 25.6. The Hall–Kier alpha value is -1.58. The highest BCUT2D eigenvalue weighted by molar-refractivity contribution is 6.02. The molecule has 0 bridgehead atoms. The predicted octanol–water partition coefficient (Wildman–Crippen LogP) is 3.63. The van der Waals surface area contributed by atoms with Gasteiger partial charge in [0, 0.05) is 29.3 Å². The van der Waals surface area contributed by atoms with Crippen molar-refractivity contribution >= 4 is 11.8 Å². The second-order valence-electron chi connectivity index (χ2n) is 8.08. The van der Waals surface area contributed by atoms with E-state index in [-0.39, 0.29) is 23.1 Å². The van der Waals surface area contributed by atoms with Gasteiger partial charge in [0.2, 0.25) is 0 Å². The summed E-state index contributed by atoms with van der Waals surface area (Å²) in [6.45, 7) is 4.16. The standard InChI is InChI=1S/C20H27NO3/c1-3-24-19(23)16-12(2)21-14-10-20(8-4-5-9-20)11-15(22)18(14)17(16)13-6-7-13/h13,17,21H,3-11H2,1-2H3. The zero-order valence-electron chi connectivity index (χ0n) is 14.7. The van der Waals surface area contributed by atoms with E-state index in [0.29, 0.717) is 24.5 Å². The summed E-state index contributed by atoms with van der Waals surface area (Å²) in [5.74, 6) is 0.427. The second kappa shape index (κ2) is 5.75. The first-order valence-electron chi connectivity index (χ1n) is 9.46. The van der Waals surface area contributed by atoms with Gasteiger partial charge < -0.3 is 10.1 Å². The molecule has 24 heavy (non-hydrogen) atoms. The molecular formula is C20H27NO3. The number of hydrogen-bond donors (Lipinski definition) is 1. The third-order valence-corrected chi connectivity index (χ3v) is 6.33. The largest absolute Gasteiger partial charge is 0.463 e. The van der Waals surface area contributed by atoms with Crippen molar-refractivity contribution in [2.75, 3.05) is 6.61 Å². The van der Waals surface area contributed by atoms with Crippen LogP contribution in [0.1, 0.15) is 65.2 Å². The van der Waals surface area contributed by atoms with Crippen molar-refractivity contribution in [1.29, 1.82) is 0 Å². The number of dihydropyridines is 1. The van der Waals surface area contributed by atoms with Gasteiger partial charge >= 0.3 is 5.97 Å². The van der Waals surface area contributed by atoms with Gasteiger partial charge in [-0.15, -0.1) is 0 Å². The topological polar surface area (TPSA) is 55.4 Å². The van der Waals surface area contributed by atoms with Gasteiger partial charge in [0.1, 0.15) is 0 Å². The normalized spacial score (nSPS) is 28.9. The Morgan fingerprint density at radius 2 is 1.96 bits per heavy atom. The lowest BCUT2D eigenvalue weighted by Gasteiger charge is -2.41. The Morgan fingerprint density at radius 3 is 2.58 bits per heavy atom. The van der Waals surface area contributed by atoms with Crippen LogP contribution in [0.15, 0.2) is 22.5 Å². The number of carbonyl (C=O) groups is 2. The van der Waals surface area contributed by atoms with Crippen molar-refractivity contribution in [3.63, 3.8) is 0 Å².